The van der Waals surface area contributed by atoms with Gasteiger partial charge >= 0.3 is 0 Å². The summed E-state index contributed by atoms with van der Waals surface area (Å²) in [6, 6.07) is 16.7. The molecule has 6 nitrogen and oxygen atoms in total. The molecular weight excluding hydrogens is 495 g/mol. The van der Waals surface area contributed by atoms with Crippen LogP contribution in [0.1, 0.15) is 6.92 Å². The number of amides is 1. The first-order valence-electron chi connectivity index (χ1n) is 9.47. The van der Waals surface area contributed by atoms with Crippen molar-refractivity contribution in [3.05, 3.63) is 81.8 Å². The molecule has 3 aromatic carbocycles. The van der Waals surface area contributed by atoms with Gasteiger partial charge in [-0.2, -0.15) is 0 Å². The summed E-state index contributed by atoms with van der Waals surface area (Å²) in [5, 5.41) is 3.65. The van der Waals surface area contributed by atoms with E-state index in [1.807, 2.05) is 6.92 Å². The van der Waals surface area contributed by atoms with Crippen LogP contribution in [0.25, 0.3) is 0 Å². The van der Waals surface area contributed by atoms with Crippen LogP contribution in [0.3, 0.4) is 0 Å². The summed E-state index contributed by atoms with van der Waals surface area (Å²) in [5.74, 6) is -0.0177. The van der Waals surface area contributed by atoms with Crippen LogP contribution in [0.2, 0.25) is 15.1 Å². The Morgan fingerprint density at radius 3 is 2.19 bits per heavy atom. The van der Waals surface area contributed by atoms with Crippen LogP contribution < -0.4 is 14.4 Å². The van der Waals surface area contributed by atoms with Crippen LogP contribution in [0.4, 0.5) is 11.4 Å². The summed E-state index contributed by atoms with van der Waals surface area (Å²) >= 11 is 18.0. The fourth-order valence-electron chi connectivity index (χ4n) is 2.84. The molecule has 3 rings (SSSR count). The minimum Gasteiger partial charge on any atom is -0.494 e. The first-order valence-corrected chi connectivity index (χ1v) is 12.0. The van der Waals surface area contributed by atoms with Crippen LogP contribution in [0, 0.1) is 0 Å². The molecule has 0 heterocycles. The number of sulfonamides is 1. The Bertz CT molecular complexity index is 1200. The Hall–Kier alpha value is -2.45. The number of ether oxygens (including phenoxy) is 1. The smallest absolute Gasteiger partial charge is 0.264 e. The van der Waals surface area contributed by atoms with Gasteiger partial charge in [-0.1, -0.05) is 34.8 Å². The highest BCUT2D eigenvalue weighted by Gasteiger charge is 2.27. The van der Waals surface area contributed by atoms with Gasteiger partial charge in [-0.15, -0.1) is 0 Å². The van der Waals surface area contributed by atoms with Crippen LogP contribution in [-0.2, 0) is 14.8 Å². The summed E-state index contributed by atoms with van der Waals surface area (Å²) in [6.07, 6.45) is 0. The Balaban J connectivity index is 1.95. The number of halogens is 3. The van der Waals surface area contributed by atoms with Crippen LogP contribution >= 0.6 is 34.8 Å². The molecule has 168 valence electrons. The van der Waals surface area contributed by atoms with Crippen LogP contribution in [0.15, 0.2) is 71.6 Å². The largest absolute Gasteiger partial charge is 0.494 e. The van der Waals surface area contributed by atoms with E-state index in [4.69, 9.17) is 39.5 Å². The van der Waals surface area contributed by atoms with E-state index >= 15 is 0 Å². The standard InChI is InChI=1S/C22H19Cl3N2O4S/c1-2-31-18-8-6-17(7-9-18)27(32(29,30)19-10-3-15(23)4-11-19)14-22(28)26-21-13-16(24)5-12-20(21)25/h3-13H,2,14H2,1H3,(H,26,28). The van der Waals surface area contributed by atoms with Gasteiger partial charge in [0.2, 0.25) is 5.91 Å². The van der Waals surface area contributed by atoms with E-state index in [9.17, 15) is 13.2 Å². The van der Waals surface area contributed by atoms with Crippen LogP contribution in [0.5, 0.6) is 5.75 Å². The van der Waals surface area contributed by atoms with Crippen LogP contribution in [-0.4, -0.2) is 27.5 Å². The lowest BCUT2D eigenvalue weighted by atomic mass is 10.3. The molecule has 1 N–H and O–H groups in total. The monoisotopic (exact) mass is 512 g/mol. The van der Waals surface area contributed by atoms with Gasteiger partial charge in [-0.3, -0.25) is 9.10 Å². The highest BCUT2D eigenvalue weighted by Crippen LogP contribution is 2.28. The molecule has 3 aromatic rings. The molecule has 0 spiro atoms. The van der Waals surface area contributed by atoms with Gasteiger partial charge in [0.05, 0.1) is 27.9 Å². The molecule has 0 aromatic heterocycles. The second-order valence-corrected chi connectivity index (χ2v) is 9.71. The lowest BCUT2D eigenvalue weighted by Gasteiger charge is -2.24. The summed E-state index contributed by atoms with van der Waals surface area (Å²) in [5.41, 5.74) is 0.565. The summed E-state index contributed by atoms with van der Waals surface area (Å²) < 4.78 is 33.2. The topological polar surface area (TPSA) is 75.7 Å². The lowest BCUT2D eigenvalue weighted by Crippen LogP contribution is -2.38. The Morgan fingerprint density at radius 1 is 0.938 bits per heavy atom. The molecule has 0 unspecified atom stereocenters. The molecule has 0 saturated heterocycles. The number of benzene rings is 3. The maximum absolute atomic E-state index is 13.4. The molecule has 0 saturated carbocycles. The third-order valence-corrected chi connectivity index (χ3v) is 6.93. The van der Waals surface area contributed by atoms with Crippen molar-refractivity contribution in [3.63, 3.8) is 0 Å². The van der Waals surface area contributed by atoms with Crippen molar-refractivity contribution in [3.8, 4) is 5.75 Å². The molecule has 32 heavy (non-hydrogen) atoms. The fraction of sp³-hybridized carbons (Fsp3) is 0.136. The zero-order chi connectivity index (χ0) is 23.3. The van der Waals surface area contributed by atoms with E-state index in [1.165, 1.54) is 36.4 Å². The van der Waals surface area contributed by atoms with Crippen molar-refractivity contribution in [1.29, 1.82) is 0 Å². The average molecular weight is 514 g/mol. The zero-order valence-corrected chi connectivity index (χ0v) is 20.0. The van der Waals surface area contributed by atoms with Crippen molar-refractivity contribution < 1.29 is 17.9 Å². The van der Waals surface area contributed by atoms with Gasteiger partial charge in [0.1, 0.15) is 12.3 Å². The number of carbonyl (C=O) groups excluding carboxylic acids is 1. The molecule has 0 fully saturated rings. The number of rotatable bonds is 8. The number of hydrogen-bond acceptors (Lipinski definition) is 4. The Labute approximate surface area is 201 Å². The minimum atomic E-state index is -4.09. The second-order valence-electron chi connectivity index (χ2n) is 6.56. The average Bonchev–Trinajstić information content (AvgIpc) is 2.76. The quantitative estimate of drug-likeness (QED) is 0.408. The molecular formula is C22H19Cl3N2O4S. The maximum atomic E-state index is 13.4. The number of carbonyl (C=O) groups is 1. The van der Waals surface area contributed by atoms with Crippen molar-refractivity contribution in [2.45, 2.75) is 11.8 Å². The van der Waals surface area contributed by atoms with E-state index in [-0.39, 0.29) is 21.3 Å². The first-order chi connectivity index (χ1) is 15.2. The van der Waals surface area contributed by atoms with Crippen molar-refractivity contribution in [2.24, 2.45) is 0 Å². The fourth-order valence-corrected chi connectivity index (χ4v) is 4.72. The third kappa shape index (κ3) is 5.86. The molecule has 0 aliphatic rings. The highest BCUT2D eigenvalue weighted by molar-refractivity contribution is 7.92. The van der Waals surface area contributed by atoms with Gasteiger partial charge in [0.25, 0.3) is 10.0 Å². The van der Waals surface area contributed by atoms with Gasteiger partial charge < -0.3 is 10.1 Å². The maximum Gasteiger partial charge on any atom is 0.264 e. The Kier molecular flexibility index (Phi) is 7.90. The first kappa shape index (κ1) is 24.2. The minimum absolute atomic E-state index is 0.00984. The number of hydrogen-bond donors (Lipinski definition) is 1. The summed E-state index contributed by atoms with van der Waals surface area (Å²) in [4.78, 5) is 12.8. The Morgan fingerprint density at radius 2 is 1.56 bits per heavy atom. The number of nitrogens with zero attached hydrogens (tertiary/aromatic N) is 1. The highest BCUT2D eigenvalue weighted by atomic mass is 35.5. The van der Waals surface area contributed by atoms with E-state index in [1.54, 1.807) is 30.3 Å². The lowest BCUT2D eigenvalue weighted by molar-refractivity contribution is -0.114. The molecule has 0 bridgehead atoms. The molecule has 10 heteroatoms. The zero-order valence-electron chi connectivity index (χ0n) is 16.9. The van der Waals surface area contributed by atoms with E-state index in [0.29, 0.717) is 22.4 Å². The number of nitrogens with one attached hydrogen (secondary N) is 1. The van der Waals surface area contributed by atoms with Gasteiger partial charge in [-0.25, -0.2) is 8.42 Å². The predicted molar refractivity (Wildman–Crippen MR) is 129 cm³/mol. The van der Waals surface area contributed by atoms with E-state index in [2.05, 4.69) is 5.32 Å². The second kappa shape index (κ2) is 10.4. The SMILES string of the molecule is CCOc1ccc(N(CC(=O)Nc2cc(Cl)ccc2Cl)S(=O)(=O)c2ccc(Cl)cc2)cc1. The predicted octanol–water partition coefficient (Wildman–Crippen LogP) is 5.88. The molecule has 0 atom stereocenters. The molecule has 0 aliphatic carbocycles. The molecule has 1 amide bonds. The normalized spacial score (nSPS) is 11.1. The van der Waals surface area contributed by atoms with Gasteiger partial charge in [-0.05, 0) is 73.7 Å². The summed E-state index contributed by atoms with van der Waals surface area (Å²) in [6.45, 7) is 1.81. The van der Waals surface area contributed by atoms with Crippen molar-refractivity contribution >= 4 is 62.1 Å². The summed E-state index contributed by atoms with van der Waals surface area (Å²) in [7, 11) is -4.09. The number of anilines is 2. The molecule has 0 aliphatic heterocycles. The van der Waals surface area contributed by atoms with Gasteiger partial charge in [0, 0.05) is 10.0 Å². The van der Waals surface area contributed by atoms with Crippen molar-refractivity contribution in [1.82, 2.24) is 0 Å². The van der Waals surface area contributed by atoms with E-state index < -0.39 is 22.5 Å². The van der Waals surface area contributed by atoms with Crippen molar-refractivity contribution in [2.75, 3.05) is 22.8 Å². The molecule has 0 radical (unpaired) electrons. The van der Waals surface area contributed by atoms with E-state index in [0.717, 1.165) is 4.31 Å². The van der Waals surface area contributed by atoms with Gasteiger partial charge in [0.15, 0.2) is 0 Å². The third-order valence-electron chi connectivity index (χ3n) is 4.33.